The number of carbonyl (C=O) groups excluding carboxylic acids is 9. The van der Waals surface area contributed by atoms with E-state index in [0.29, 0.717) is 32.4 Å². The summed E-state index contributed by atoms with van der Waals surface area (Å²) in [6, 6.07) is -4.50. The molecule has 24 heteroatoms. The molecule has 23 nitrogen and oxygen atoms in total. The first-order valence-corrected chi connectivity index (χ1v) is 24.0. The Balaban J connectivity index is -0.000000568. The Kier molecular flexibility index (Phi) is 45.7. The maximum atomic E-state index is 12.7. The average Bonchev–Trinajstić information content (AvgIpc) is 3.33. The molecule has 8 N–H and O–H groups in total. The largest absolute Gasteiger partial charge is 0.461 e. The van der Waals surface area contributed by atoms with E-state index in [9.17, 15) is 43.2 Å². The quantitative estimate of drug-likeness (QED) is 0.0203. The summed E-state index contributed by atoms with van der Waals surface area (Å²) in [6.07, 6.45) is 10.7. The number of esters is 6. The average molecular weight is 1090 g/mol. The van der Waals surface area contributed by atoms with Crippen LogP contribution < -0.4 is 32.7 Å². The summed E-state index contributed by atoms with van der Waals surface area (Å²) >= 11 is 0. The molecule has 75 heavy (non-hydrogen) atoms. The highest BCUT2D eigenvalue weighted by atomic mass is 35.5. The molecule has 0 aliphatic carbocycles. The highest BCUT2D eigenvalue weighted by molar-refractivity contribution is 5.87. The first-order chi connectivity index (χ1) is 34.8. The molecular formula is C51H85ClN6O17. The molecule has 0 saturated carbocycles. The van der Waals surface area contributed by atoms with Crippen molar-refractivity contribution in [3.05, 3.63) is 75.9 Å². The van der Waals surface area contributed by atoms with Gasteiger partial charge in [0.1, 0.15) is 75.0 Å². The Bertz CT molecular complexity index is 1780. The summed E-state index contributed by atoms with van der Waals surface area (Å²) in [7, 11) is 0. The number of alkyl carbamates (subject to hydrolysis) is 2. The van der Waals surface area contributed by atoms with Crippen molar-refractivity contribution in [3.8, 4) is 0 Å². The third-order valence-electron chi connectivity index (χ3n) is 8.38. The van der Waals surface area contributed by atoms with Crippen LogP contribution in [0.1, 0.15) is 106 Å². The van der Waals surface area contributed by atoms with Gasteiger partial charge in [-0.15, -0.1) is 12.4 Å². The lowest BCUT2D eigenvalue weighted by Crippen LogP contribution is -2.52. The number of carbonyl (C=O) groups is 9. The number of unbranched alkanes of at least 4 members (excludes halogenated alkanes) is 2. The molecule has 4 atom stereocenters. The number of halogens is 1. The van der Waals surface area contributed by atoms with E-state index < -0.39 is 89.4 Å². The summed E-state index contributed by atoms with van der Waals surface area (Å²) in [4.78, 5) is 106. The van der Waals surface area contributed by atoms with E-state index in [1.807, 2.05) is 0 Å². The zero-order valence-corrected chi connectivity index (χ0v) is 45.6. The number of amides is 4. The van der Waals surface area contributed by atoms with Gasteiger partial charge in [0.15, 0.2) is 0 Å². The summed E-state index contributed by atoms with van der Waals surface area (Å²) in [5.74, 6) is -3.44. The predicted molar refractivity (Wildman–Crippen MR) is 284 cm³/mol. The smallest absolute Gasteiger partial charge is 0.407 e. The highest BCUT2D eigenvalue weighted by Gasteiger charge is 2.27. The van der Waals surface area contributed by atoms with E-state index in [-0.39, 0.29) is 84.2 Å². The summed E-state index contributed by atoms with van der Waals surface area (Å²) in [5.41, 5.74) is 10.0. The Morgan fingerprint density at radius 2 is 0.747 bits per heavy atom. The molecule has 428 valence electrons. The number of rotatable bonds is 34. The van der Waals surface area contributed by atoms with Gasteiger partial charge in [-0.25, -0.2) is 24.0 Å². The second-order valence-electron chi connectivity index (χ2n) is 17.5. The summed E-state index contributed by atoms with van der Waals surface area (Å²) in [6.45, 7) is 32.4. The fourth-order valence-corrected chi connectivity index (χ4v) is 5.03. The monoisotopic (exact) mass is 1090 g/mol. The van der Waals surface area contributed by atoms with Gasteiger partial charge in [0.25, 0.3) is 0 Å². The van der Waals surface area contributed by atoms with Crippen LogP contribution in [0.5, 0.6) is 0 Å². The lowest BCUT2D eigenvalue weighted by molar-refractivity contribution is -0.147. The Morgan fingerprint density at radius 3 is 1.11 bits per heavy atom. The van der Waals surface area contributed by atoms with Crippen molar-refractivity contribution in [2.75, 3.05) is 52.7 Å². The maximum Gasteiger partial charge on any atom is 0.407 e. The lowest BCUT2D eigenvalue weighted by Gasteiger charge is -2.21. The van der Waals surface area contributed by atoms with Crippen molar-refractivity contribution < 1.29 is 81.0 Å². The van der Waals surface area contributed by atoms with E-state index in [2.05, 4.69) is 60.7 Å². The van der Waals surface area contributed by atoms with Crippen LogP contribution >= 0.6 is 12.4 Å². The zero-order chi connectivity index (χ0) is 57.0. The Hall–Kier alpha value is -6.72. The summed E-state index contributed by atoms with van der Waals surface area (Å²) < 4.78 is 39.5. The maximum absolute atomic E-state index is 12.7. The van der Waals surface area contributed by atoms with Gasteiger partial charge in [0, 0.05) is 25.9 Å². The molecule has 0 radical (unpaired) electrons. The second kappa shape index (κ2) is 45.9. The first-order valence-electron chi connectivity index (χ1n) is 24.0. The molecular weight excluding hydrogens is 1000 g/mol. The van der Waals surface area contributed by atoms with E-state index in [0.717, 1.165) is 12.8 Å². The number of hydrogen-bond donors (Lipinski definition) is 6. The number of nitrogens with one attached hydrogen (secondary N) is 4. The third-order valence-corrected chi connectivity index (χ3v) is 8.38. The van der Waals surface area contributed by atoms with Gasteiger partial charge < -0.3 is 70.6 Å². The minimum Gasteiger partial charge on any atom is -0.461 e. The van der Waals surface area contributed by atoms with Crippen LogP contribution in [0.3, 0.4) is 0 Å². The van der Waals surface area contributed by atoms with E-state index in [1.54, 1.807) is 41.5 Å². The standard InChI is InChI=1S/C26H41N3O9.C14H26N2O4.C11H17NO4.ClH/c1-7-16-35-21(30)14-13-20(23(32)37-18-9-3)29-24(33)28-19(22(31)36-17-8-2)12-10-11-15-27-25(34)38-26(4,5)6;1-5-10-19-12(17)11(15)8-6-7-9-16-13(18)20-14(2,3)4;1-3-7-15-10(13)6-5-9(12)11(14)16-8-4-2;/h7-9,19-20H,1-3,10-18H2,4-6H3,(H,27,34)(H2,28,29,33);5,11H,1,6-10,15H2,2-4H3,(H,16,18);3-4,9H,1-2,5-8,12H2;1H. The number of ether oxygens (including phenoxy) is 8. The molecule has 4 unspecified atom stereocenters. The molecule has 0 aliphatic heterocycles. The SMILES string of the molecule is C=CCOC(=O)C(N)CCCCNC(=O)OC(C)(C)C.C=CCOC(=O)CCC(N)C(=O)OCC=C.C=CCOC(=O)CCC(NC(=O)NC(CCCCNC(=O)OC(C)(C)C)C(=O)OCC=C)C(=O)OCC=C.Cl. The molecule has 0 aromatic carbocycles. The van der Waals surface area contributed by atoms with Crippen molar-refractivity contribution in [1.29, 1.82) is 0 Å². The predicted octanol–water partition coefficient (Wildman–Crippen LogP) is 5.40. The Morgan fingerprint density at radius 1 is 0.440 bits per heavy atom. The molecule has 0 fully saturated rings. The van der Waals surface area contributed by atoms with Crippen LogP contribution in [0.25, 0.3) is 0 Å². The Labute approximate surface area is 448 Å². The molecule has 4 amide bonds. The van der Waals surface area contributed by atoms with Gasteiger partial charge in [-0.05, 0) is 92.9 Å². The van der Waals surface area contributed by atoms with Crippen LogP contribution in [-0.4, -0.2) is 142 Å². The van der Waals surface area contributed by atoms with Gasteiger partial charge in [0.05, 0.1) is 0 Å². The number of urea groups is 1. The van der Waals surface area contributed by atoms with Gasteiger partial charge >= 0.3 is 54.0 Å². The second-order valence-corrected chi connectivity index (χ2v) is 17.5. The normalized spacial score (nSPS) is 11.8. The van der Waals surface area contributed by atoms with Gasteiger partial charge in [-0.1, -0.05) is 75.9 Å². The highest BCUT2D eigenvalue weighted by Crippen LogP contribution is 2.10. The molecule has 0 aliphatic rings. The van der Waals surface area contributed by atoms with Crippen molar-refractivity contribution in [2.24, 2.45) is 11.5 Å². The van der Waals surface area contributed by atoms with Crippen molar-refractivity contribution in [3.63, 3.8) is 0 Å². The van der Waals surface area contributed by atoms with Crippen LogP contribution in [-0.2, 0) is 66.7 Å². The minimum atomic E-state index is -1.19. The van der Waals surface area contributed by atoms with E-state index in [4.69, 9.17) is 49.4 Å². The zero-order valence-electron chi connectivity index (χ0n) is 44.7. The van der Waals surface area contributed by atoms with Crippen LogP contribution in [0, 0.1) is 0 Å². The van der Waals surface area contributed by atoms with Crippen LogP contribution in [0.4, 0.5) is 14.4 Å². The van der Waals surface area contributed by atoms with E-state index in [1.165, 1.54) is 36.5 Å². The fraction of sp³-hybridized carbons (Fsp3) is 0.588. The third kappa shape index (κ3) is 48.0. The van der Waals surface area contributed by atoms with Crippen molar-refractivity contribution >= 4 is 66.4 Å². The molecule has 0 spiro atoms. The van der Waals surface area contributed by atoms with E-state index >= 15 is 0 Å². The molecule has 0 heterocycles. The topological polar surface area (TPSA) is 328 Å². The van der Waals surface area contributed by atoms with Gasteiger partial charge in [-0.2, -0.15) is 0 Å². The molecule has 0 rings (SSSR count). The molecule has 0 saturated heterocycles. The van der Waals surface area contributed by atoms with Crippen LogP contribution in [0.2, 0.25) is 0 Å². The number of nitrogens with two attached hydrogens (primary N) is 2. The van der Waals surface area contributed by atoms with Crippen LogP contribution in [0.15, 0.2) is 75.9 Å². The summed E-state index contributed by atoms with van der Waals surface area (Å²) in [5, 5.41) is 10.2. The first kappa shape index (κ1) is 74.8. The molecule has 0 aromatic heterocycles. The number of hydrogen-bond acceptors (Lipinski definition) is 19. The van der Waals surface area contributed by atoms with Crippen molar-refractivity contribution in [2.45, 2.75) is 141 Å². The molecule has 0 aromatic rings. The van der Waals surface area contributed by atoms with Gasteiger partial charge in [0.2, 0.25) is 0 Å². The minimum absolute atomic E-state index is 0. The van der Waals surface area contributed by atoms with Gasteiger partial charge in [-0.3, -0.25) is 19.2 Å². The molecule has 0 bridgehead atoms. The van der Waals surface area contributed by atoms with Crippen molar-refractivity contribution in [1.82, 2.24) is 21.3 Å². The fourth-order valence-electron chi connectivity index (χ4n) is 5.03. The lowest BCUT2D eigenvalue weighted by atomic mass is 10.1.